The van der Waals surface area contributed by atoms with Crippen LogP contribution < -0.4 is 10.6 Å². The van der Waals surface area contributed by atoms with Crippen molar-refractivity contribution in [1.29, 1.82) is 0 Å². The molecule has 0 unspecified atom stereocenters. The monoisotopic (exact) mass is 392 g/mol. The van der Waals surface area contributed by atoms with Gasteiger partial charge in [-0.2, -0.15) is 0 Å². The van der Waals surface area contributed by atoms with Crippen molar-refractivity contribution in [2.24, 2.45) is 0 Å². The van der Waals surface area contributed by atoms with Gasteiger partial charge in [0.1, 0.15) is 17.0 Å². The van der Waals surface area contributed by atoms with Crippen LogP contribution in [0.4, 0.5) is 10.8 Å². The Morgan fingerprint density at radius 2 is 1.86 bits per heavy atom. The minimum Gasteiger partial charge on any atom is -0.360 e. The fraction of sp³-hybridized carbons (Fsp3) is 0.100. The van der Waals surface area contributed by atoms with E-state index in [4.69, 9.17) is 4.52 Å². The van der Waals surface area contributed by atoms with E-state index in [1.165, 1.54) is 18.3 Å². The highest BCUT2D eigenvalue weighted by atomic mass is 32.1. The van der Waals surface area contributed by atoms with Crippen molar-refractivity contribution >= 4 is 44.2 Å². The summed E-state index contributed by atoms with van der Waals surface area (Å²) in [7, 11) is 0. The summed E-state index contributed by atoms with van der Waals surface area (Å²) in [5, 5.41) is 10.1. The molecule has 0 aliphatic carbocycles. The van der Waals surface area contributed by atoms with E-state index in [1.807, 2.05) is 36.4 Å². The van der Waals surface area contributed by atoms with Crippen molar-refractivity contribution in [2.75, 3.05) is 10.6 Å². The number of amides is 2. The Kier molecular flexibility index (Phi) is 4.62. The van der Waals surface area contributed by atoms with Crippen LogP contribution in [0.15, 0.2) is 53.1 Å². The number of carbonyl (C=O) groups is 2. The van der Waals surface area contributed by atoms with Gasteiger partial charge in [0.05, 0.1) is 10.2 Å². The number of benzene rings is 2. The van der Waals surface area contributed by atoms with Crippen LogP contribution in [0.3, 0.4) is 0 Å². The molecule has 4 rings (SSSR count). The molecule has 2 aromatic carbocycles. The number of aryl methyl sites for hydroxylation is 1. The quantitative estimate of drug-likeness (QED) is 0.534. The molecule has 7 nitrogen and oxygen atoms in total. The molecule has 0 aliphatic heterocycles. The normalized spacial score (nSPS) is 10.8. The highest BCUT2D eigenvalue weighted by molar-refractivity contribution is 7.22. The van der Waals surface area contributed by atoms with E-state index >= 15 is 0 Å². The predicted molar refractivity (Wildman–Crippen MR) is 109 cm³/mol. The molecule has 0 radical (unpaired) electrons. The molecular weight excluding hydrogens is 376 g/mol. The third-order valence-corrected chi connectivity index (χ3v) is 5.00. The lowest BCUT2D eigenvalue weighted by atomic mass is 10.1. The third-order valence-electron chi connectivity index (χ3n) is 4.07. The fourth-order valence-electron chi connectivity index (χ4n) is 2.85. The molecule has 0 bridgehead atoms. The van der Waals surface area contributed by atoms with Crippen LogP contribution in [0.25, 0.3) is 21.5 Å². The van der Waals surface area contributed by atoms with Crippen LogP contribution in [-0.2, 0) is 4.79 Å². The minimum atomic E-state index is -0.334. The molecule has 8 heteroatoms. The molecule has 4 aromatic rings. The summed E-state index contributed by atoms with van der Waals surface area (Å²) in [4.78, 5) is 28.5. The summed E-state index contributed by atoms with van der Waals surface area (Å²) < 4.78 is 6.11. The fourth-order valence-corrected chi connectivity index (χ4v) is 3.75. The second-order valence-corrected chi connectivity index (χ2v) is 7.20. The van der Waals surface area contributed by atoms with E-state index in [2.05, 4.69) is 20.8 Å². The molecular formula is C20H16N4O3S. The lowest BCUT2D eigenvalue weighted by Crippen LogP contribution is -2.13. The van der Waals surface area contributed by atoms with Crippen LogP contribution in [0.5, 0.6) is 0 Å². The van der Waals surface area contributed by atoms with Crippen molar-refractivity contribution in [2.45, 2.75) is 13.8 Å². The summed E-state index contributed by atoms with van der Waals surface area (Å²) in [6.07, 6.45) is 0. The summed E-state index contributed by atoms with van der Waals surface area (Å²) in [5.41, 5.74) is 3.09. The Morgan fingerprint density at radius 3 is 2.61 bits per heavy atom. The van der Waals surface area contributed by atoms with Gasteiger partial charge < -0.3 is 9.84 Å². The maximum atomic E-state index is 12.9. The molecule has 2 aromatic heterocycles. The first-order valence-electron chi connectivity index (χ1n) is 8.52. The Hall–Kier alpha value is -3.52. The average Bonchev–Trinajstić information content (AvgIpc) is 3.24. The summed E-state index contributed by atoms with van der Waals surface area (Å²) >= 11 is 1.33. The Morgan fingerprint density at radius 1 is 1.07 bits per heavy atom. The van der Waals surface area contributed by atoms with Crippen molar-refractivity contribution in [3.05, 3.63) is 59.9 Å². The van der Waals surface area contributed by atoms with Gasteiger partial charge >= 0.3 is 0 Å². The zero-order chi connectivity index (χ0) is 19.7. The number of anilines is 2. The Balaban J connectivity index is 1.62. The summed E-state index contributed by atoms with van der Waals surface area (Å²) in [5.74, 6) is -0.0436. The molecule has 0 aliphatic rings. The first-order chi connectivity index (χ1) is 13.5. The van der Waals surface area contributed by atoms with E-state index in [0.717, 1.165) is 15.8 Å². The largest absolute Gasteiger partial charge is 0.360 e. The van der Waals surface area contributed by atoms with Crippen LogP contribution >= 0.6 is 11.3 Å². The SMILES string of the molecule is CC(=O)Nc1ccc2nc(NC(=O)c3c(-c4ccccc4)noc3C)sc2c1. The van der Waals surface area contributed by atoms with Gasteiger partial charge in [0.25, 0.3) is 5.91 Å². The molecule has 0 saturated heterocycles. The van der Waals surface area contributed by atoms with Gasteiger partial charge in [0.2, 0.25) is 5.91 Å². The third kappa shape index (κ3) is 3.49. The summed E-state index contributed by atoms with van der Waals surface area (Å²) in [6.45, 7) is 3.15. The second kappa shape index (κ2) is 7.24. The van der Waals surface area contributed by atoms with Crippen molar-refractivity contribution in [3.63, 3.8) is 0 Å². The topological polar surface area (TPSA) is 97.1 Å². The van der Waals surface area contributed by atoms with Gasteiger partial charge in [-0.25, -0.2) is 4.98 Å². The second-order valence-electron chi connectivity index (χ2n) is 6.17. The molecule has 2 heterocycles. The standard InChI is InChI=1S/C20H16N4O3S/c1-11-17(18(24-27-11)13-6-4-3-5-7-13)19(26)23-20-22-15-9-8-14(21-12(2)25)10-16(15)28-20/h3-10H,1-2H3,(H,21,25)(H,22,23,26). The Labute approximate surface area is 164 Å². The predicted octanol–water partition coefficient (Wildman–Crippen LogP) is 4.47. The maximum Gasteiger partial charge on any atom is 0.263 e. The zero-order valence-corrected chi connectivity index (χ0v) is 16.0. The highest BCUT2D eigenvalue weighted by Gasteiger charge is 2.22. The van der Waals surface area contributed by atoms with Gasteiger partial charge in [0, 0.05) is 18.2 Å². The van der Waals surface area contributed by atoms with Gasteiger partial charge in [-0.05, 0) is 25.1 Å². The smallest absolute Gasteiger partial charge is 0.263 e. The molecule has 0 atom stereocenters. The number of thiazole rings is 1. The number of nitrogens with zero attached hydrogens (tertiary/aromatic N) is 2. The van der Waals surface area contributed by atoms with Crippen molar-refractivity contribution in [3.8, 4) is 11.3 Å². The number of nitrogens with one attached hydrogen (secondary N) is 2. The highest BCUT2D eigenvalue weighted by Crippen LogP contribution is 2.30. The van der Waals surface area contributed by atoms with Crippen LogP contribution in [0, 0.1) is 6.92 Å². The number of rotatable bonds is 4. The van der Waals surface area contributed by atoms with Crippen molar-refractivity contribution in [1.82, 2.24) is 10.1 Å². The zero-order valence-electron chi connectivity index (χ0n) is 15.1. The van der Waals surface area contributed by atoms with Gasteiger partial charge in [0.15, 0.2) is 5.13 Å². The van der Waals surface area contributed by atoms with E-state index in [0.29, 0.717) is 27.8 Å². The molecule has 0 saturated carbocycles. The van der Waals surface area contributed by atoms with E-state index in [9.17, 15) is 9.59 Å². The molecule has 140 valence electrons. The van der Waals surface area contributed by atoms with Crippen LogP contribution in [0.1, 0.15) is 23.0 Å². The summed E-state index contributed by atoms with van der Waals surface area (Å²) in [6, 6.07) is 14.8. The van der Waals surface area contributed by atoms with Crippen molar-refractivity contribution < 1.29 is 14.1 Å². The first kappa shape index (κ1) is 17.9. The minimum absolute atomic E-state index is 0.145. The molecule has 0 fully saturated rings. The van der Waals surface area contributed by atoms with Crippen LogP contribution in [-0.4, -0.2) is 22.0 Å². The van der Waals surface area contributed by atoms with Gasteiger partial charge in [-0.1, -0.05) is 46.8 Å². The first-order valence-corrected chi connectivity index (χ1v) is 9.34. The van der Waals surface area contributed by atoms with Gasteiger partial charge in [-0.15, -0.1) is 0 Å². The number of hydrogen-bond acceptors (Lipinski definition) is 6. The van der Waals surface area contributed by atoms with Crippen LogP contribution in [0.2, 0.25) is 0 Å². The molecule has 2 amide bonds. The molecule has 2 N–H and O–H groups in total. The van der Waals surface area contributed by atoms with Gasteiger partial charge in [-0.3, -0.25) is 14.9 Å². The average molecular weight is 392 g/mol. The maximum absolute atomic E-state index is 12.9. The van der Waals surface area contributed by atoms with E-state index in [1.54, 1.807) is 19.1 Å². The molecule has 28 heavy (non-hydrogen) atoms. The number of carbonyl (C=O) groups excluding carboxylic acids is 2. The number of hydrogen-bond donors (Lipinski definition) is 2. The van der Waals surface area contributed by atoms with E-state index < -0.39 is 0 Å². The van der Waals surface area contributed by atoms with E-state index in [-0.39, 0.29) is 11.8 Å². The Bertz CT molecular complexity index is 1180. The lowest BCUT2D eigenvalue weighted by Gasteiger charge is -2.02. The number of fused-ring (bicyclic) bond motifs is 1. The molecule has 0 spiro atoms. The lowest BCUT2D eigenvalue weighted by molar-refractivity contribution is -0.114. The number of aromatic nitrogens is 2.